The standard InChI is InChI=1S/C27H31FN6O2/c1-5-24-21(8-6-13-30-22-11-10-18(27(35)29-2)16-25(22)36-4)32-26-23(9-7-14-34(24)26)31-20-12-15-33(3)17-19(20)28/h5,7,9-11,14,16,19-20,30-31H,1,12-13,15,17H2,2-4H3,(H,29,35)/t19-,20+/m0/s1. The Bertz CT molecular complexity index is 1330. The first-order chi connectivity index (χ1) is 17.4. The van der Waals surface area contributed by atoms with Gasteiger partial charge in [0.05, 0.1) is 36.8 Å². The zero-order valence-corrected chi connectivity index (χ0v) is 20.8. The highest BCUT2D eigenvalue weighted by Gasteiger charge is 2.28. The van der Waals surface area contributed by atoms with Crippen molar-refractivity contribution in [1.82, 2.24) is 19.6 Å². The lowest BCUT2D eigenvalue weighted by Gasteiger charge is -2.33. The van der Waals surface area contributed by atoms with E-state index < -0.39 is 6.17 Å². The molecular formula is C27H31FN6O2. The Morgan fingerprint density at radius 3 is 2.92 bits per heavy atom. The van der Waals surface area contributed by atoms with Crippen LogP contribution in [0.1, 0.15) is 28.2 Å². The van der Waals surface area contributed by atoms with E-state index in [1.807, 2.05) is 34.7 Å². The number of alkyl halides is 1. The number of nitrogens with zero attached hydrogens (tertiary/aromatic N) is 3. The van der Waals surface area contributed by atoms with E-state index in [2.05, 4.69) is 34.4 Å². The first kappa shape index (κ1) is 25.1. The molecule has 2 aromatic heterocycles. The minimum Gasteiger partial charge on any atom is -0.495 e. The summed E-state index contributed by atoms with van der Waals surface area (Å²) in [7, 11) is 5.07. The molecule has 9 heteroatoms. The van der Waals surface area contributed by atoms with E-state index in [1.54, 1.807) is 38.4 Å². The van der Waals surface area contributed by atoms with Crippen LogP contribution in [0.2, 0.25) is 0 Å². The number of anilines is 2. The van der Waals surface area contributed by atoms with Crippen molar-refractivity contribution in [1.29, 1.82) is 0 Å². The molecule has 3 heterocycles. The largest absolute Gasteiger partial charge is 0.495 e. The fourth-order valence-corrected chi connectivity index (χ4v) is 4.29. The van der Waals surface area contributed by atoms with E-state index in [9.17, 15) is 9.18 Å². The molecule has 3 N–H and O–H groups in total. The molecule has 36 heavy (non-hydrogen) atoms. The number of hydrogen-bond donors (Lipinski definition) is 3. The van der Waals surface area contributed by atoms with Crippen molar-refractivity contribution in [3.63, 3.8) is 0 Å². The normalized spacial score (nSPS) is 17.7. The summed E-state index contributed by atoms with van der Waals surface area (Å²) in [6, 6.07) is 8.72. The average Bonchev–Trinajstić information content (AvgIpc) is 3.26. The van der Waals surface area contributed by atoms with Crippen molar-refractivity contribution in [2.24, 2.45) is 0 Å². The summed E-state index contributed by atoms with van der Waals surface area (Å²) in [6.45, 7) is 5.52. The second kappa shape index (κ2) is 11.1. The van der Waals surface area contributed by atoms with Gasteiger partial charge in [-0.25, -0.2) is 9.37 Å². The van der Waals surface area contributed by atoms with Gasteiger partial charge in [0.1, 0.15) is 17.6 Å². The smallest absolute Gasteiger partial charge is 0.251 e. The number of likely N-dealkylation sites (tertiary alicyclic amines) is 1. The molecule has 0 bridgehead atoms. The highest BCUT2D eigenvalue weighted by Crippen LogP contribution is 2.26. The summed E-state index contributed by atoms with van der Waals surface area (Å²) in [4.78, 5) is 18.6. The van der Waals surface area contributed by atoms with Gasteiger partial charge in [0, 0.05) is 31.9 Å². The number of ether oxygens (including phenoxy) is 1. The third-order valence-electron chi connectivity index (χ3n) is 6.23. The number of rotatable bonds is 7. The predicted octanol–water partition coefficient (Wildman–Crippen LogP) is 3.26. The van der Waals surface area contributed by atoms with E-state index in [-0.39, 0.29) is 11.9 Å². The molecule has 1 fully saturated rings. The predicted molar refractivity (Wildman–Crippen MR) is 141 cm³/mol. The van der Waals surface area contributed by atoms with E-state index in [4.69, 9.17) is 9.72 Å². The highest BCUT2D eigenvalue weighted by molar-refractivity contribution is 5.95. The number of pyridine rings is 1. The van der Waals surface area contributed by atoms with Crippen LogP contribution in [0.5, 0.6) is 5.75 Å². The summed E-state index contributed by atoms with van der Waals surface area (Å²) in [5, 5.41) is 9.17. The number of piperidine rings is 1. The topological polar surface area (TPSA) is 82.9 Å². The molecule has 1 aliphatic rings. The maximum atomic E-state index is 14.6. The molecule has 0 spiro atoms. The number of nitrogens with one attached hydrogen (secondary N) is 3. The van der Waals surface area contributed by atoms with Gasteiger partial charge < -0.3 is 25.6 Å². The number of fused-ring (bicyclic) bond motifs is 1. The van der Waals surface area contributed by atoms with Crippen LogP contribution in [0.25, 0.3) is 11.7 Å². The van der Waals surface area contributed by atoms with Gasteiger partial charge in [-0.1, -0.05) is 12.5 Å². The van der Waals surface area contributed by atoms with Gasteiger partial charge in [-0.05, 0) is 55.8 Å². The van der Waals surface area contributed by atoms with Crippen LogP contribution in [0.3, 0.4) is 0 Å². The minimum absolute atomic E-state index is 0.185. The summed E-state index contributed by atoms with van der Waals surface area (Å²) in [5.74, 6) is 6.57. The molecule has 0 saturated carbocycles. The quantitative estimate of drug-likeness (QED) is 0.441. The Balaban J connectivity index is 1.52. The van der Waals surface area contributed by atoms with Gasteiger partial charge in [-0.2, -0.15) is 0 Å². The number of imidazole rings is 1. The number of carbonyl (C=O) groups excluding carboxylic acids is 1. The molecule has 3 aromatic rings. The Morgan fingerprint density at radius 2 is 2.19 bits per heavy atom. The maximum absolute atomic E-state index is 14.6. The van der Waals surface area contributed by atoms with Gasteiger partial charge in [0.25, 0.3) is 5.91 Å². The minimum atomic E-state index is -0.953. The first-order valence-electron chi connectivity index (χ1n) is 11.8. The number of carbonyl (C=O) groups is 1. The monoisotopic (exact) mass is 490 g/mol. The van der Waals surface area contributed by atoms with Gasteiger partial charge in [0.2, 0.25) is 0 Å². The number of benzene rings is 1. The number of halogens is 1. The molecule has 4 rings (SSSR count). The van der Waals surface area contributed by atoms with E-state index >= 15 is 0 Å². The third kappa shape index (κ3) is 5.29. The van der Waals surface area contributed by atoms with Crippen molar-refractivity contribution in [3.8, 4) is 17.6 Å². The molecule has 1 amide bonds. The Labute approximate surface area is 210 Å². The van der Waals surface area contributed by atoms with Gasteiger partial charge in [-0.3, -0.25) is 9.20 Å². The molecule has 0 radical (unpaired) electrons. The second-order valence-corrected chi connectivity index (χ2v) is 8.63. The van der Waals surface area contributed by atoms with Crippen LogP contribution in [0, 0.1) is 11.8 Å². The molecule has 8 nitrogen and oxygen atoms in total. The summed E-state index contributed by atoms with van der Waals surface area (Å²) in [6.07, 6.45) is 3.38. The second-order valence-electron chi connectivity index (χ2n) is 8.63. The fraction of sp³-hybridized carbons (Fsp3) is 0.333. The van der Waals surface area contributed by atoms with Crippen LogP contribution in [0.15, 0.2) is 43.1 Å². The van der Waals surface area contributed by atoms with Crippen molar-refractivity contribution in [2.75, 3.05) is 51.5 Å². The number of aromatic nitrogens is 2. The average molecular weight is 491 g/mol. The zero-order chi connectivity index (χ0) is 25.7. The van der Waals surface area contributed by atoms with Gasteiger partial charge in [0.15, 0.2) is 5.65 Å². The Kier molecular flexibility index (Phi) is 7.76. The molecule has 1 aromatic carbocycles. The van der Waals surface area contributed by atoms with Gasteiger partial charge >= 0.3 is 0 Å². The van der Waals surface area contributed by atoms with Crippen LogP contribution in [-0.4, -0.2) is 73.2 Å². The lowest BCUT2D eigenvalue weighted by molar-refractivity contribution is 0.0962. The maximum Gasteiger partial charge on any atom is 0.251 e. The van der Waals surface area contributed by atoms with Crippen molar-refractivity contribution in [2.45, 2.75) is 18.6 Å². The van der Waals surface area contributed by atoms with Crippen molar-refractivity contribution >= 4 is 29.0 Å². The van der Waals surface area contributed by atoms with Crippen molar-refractivity contribution in [3.05, 3.63) is 60.1 Å². The summed E-state index contributed by atoms with van der Waals surface area (Å²) >= 11 is 0. The van der Waals surface area contributed by atoms with Crippen LogP contribution < -0.4 is 20.7 Å². The molecular weight excluding hydrogens is 459 g/mol. The highest BCUT2D eigenvalue weighted by atomic mass is 19.1. The molecule has 0 aliphatic carbocycles. The van der Waals surface area contributed by atoms with E-state index in [0.717, 1.165) is 30.0 Å². The van der Waals surface area contributed by atoms with E-state index in [0.29, 0.717) is 35.7 Å². The summed E-state index contributed by atoms with van der Waals surface area (Å²) < 4.78 is 21.9. The van der Waals surface area contributed by atoms with E-state index in [1.165, 1.54) is 0 Å². The lowest BCUT2D eigenvalue weighted by Crippen LogP contribution is -2.46. The van der Waals surface area contributed by atoms with Crippen molar-refractivity contribution < 1.29 is 13.9 Å². The summed E-state index contributed by atoms with van der Waals surface area (Å²) in [5.41, 5.74) is 4.04. The molecule has 1 saturated heterocycles. The zero-order valence-electron chi connectivity index (χ0n) is 20.8. The lowest BCUT2D eigenvalue weighted by atomic mass is 10.0. The number of hydrogen-bond acceptors (Lipinski definition) is 6. The molecule has 188 valence electrons. The molecule has 2 atom stereocenters. The number of methoxy groups -OCH3 is 1. The Hall–Kier alpha value is -4.03. The molecule has 1 aliphatic heterocycles. The van der Waals surface area contributed by atoms with Crippen LogP contribution >= 0.6 is 0 Å². The van der Waals surface area contributed by atoms with Crippen LogP contribution in [-0.2, 0) is 0 Å². The Morgan fingerprint density at radius 1 is 1.36 bits per heavy atom. The van der Waals surface area contributed by atoms with Gasteiger partial charge in [-0.15, -0.1) is 0 Å². The fourth-order valence-electron chi connectivity index (χ4n) is 4.29. The first-order valence-corrected chi connectivity index (χ1v) is 11.8. The molecule has 0 unspecified atom stereocenters. The third-order valence-corrected chi connectivity index (χ3v) is 6.23. The van der Waals surface area contributed by atoms with Crippen LogP contribution in [0.4, 0.5) is 15.8 Å². The number of amides is 1. The SMILES string of the molecule is C=Cc1c(C#CCNc2ccc(C(=O)NC)cc2OC)nc2c(N[C@@H]3CCN(C)C[C@@H]3F)cccn12.